The Kier molecular flexibility index (Phi) is 3.21. The van der Waals surface area contributed by atoms with Crippen LogP contribution in [0.1, 0.15) is 17.0 Å². The van der Waals surface area contributed by atoms with E-state index in [2.05, 4.69) is 15.1 Å². The van der Waals surface area contributed by atoms with E-state index in [1.54, 1.807) is 11.8 Å². The summed E-state index contributed by atoms with van der Waals surface area (Å²) in [5.41, 5.74) is 3.91. The van der Waals surface area contributed by atoms with Gasteiger partial charge in [0.2, 0.25) is 0 Å². The molecule has 96 valence electrons. The molecule has 3 rings (SSSR count). The molecule has 0 bridgehead atoms. The van der Waals surface area contributed by atoms with Gasteiger partial charge in [-0.1, -0.05) is 35.1 Å². The van der Waals surface area contributed by atoms with E-state index in [0.29, 0.717) is 0 Å². The summed E-state index contributed by atoms with van der Waals surface area (Å²) >= 11 is 1.61. The van der Waals surface area contributed by atoms with Gasteiger partial charge in [-0.05, 0) is 26.0 Å². The molecule has 1 aromatic heterocycles. The van der Waals surface area contributed by atoms with Crippen molar-refractivity contribution >= 4 is 11.8 Å². The highest BCUT2D eigenvalue weighted by Crippen LogP contribution is 2.27. The third-order valence-electron chi connectivity index (χ3n) is 2.95. The highest BCUT2D eigenvalue weighted by Gasteiger charge is 2.13. The predicted octanol–water partition coefficient (Wildman–Crippen LogP) is 3.48. The fraction of sp³-hybridized carbons (Fsp3) is 0.214. The first-order chi connectivity index (χ1) is 9.24. The highest BCUT2D eigenvalue weighted by atomic mass is 32.2. The van der Waals surface area contributed by atoms with E-state index < -0.39 is 0 Å². The van der Waals surface area contributed by atoms with E-state index in [4.69, 9.17) is 4.52 Å². The maximum Gasteiger partial charge on any atom is 0.189 e. The lowest BCUT2D eigenvalue weighted by atomic mass is 10.2. The van der Waals surface area contributed by atoms with Gasteiger partial charge in [0.05, 0.1) is 17.1 Å². The van der Waals surface area contributed by atoms with Crippen molar-refractivity contribution in [3.05, 3.63) is 47.3 Å². The number of thioether (sulfide) groups is 1. The van der Waals surface area contributed by atoms with E-state index in [0.717, 1.165) is 39.3 Å². The Morgan fingerprint density at radius 2 is 1.74 bits per heavy atom. The minimum atomic E-state index is 0.781. The maximum absolute atomic E-state index is 5.15. The molecule has 0 unspecified atom stereocenters. The first-order valence-electron chi connectivity index (χ1n) is 6.01. The average molecular weight is 271 g/mol. The molecule has 0 radical (unpaired) electrons. The topological polar surface area (TPSA) is 51.8 Å². The molecule has 0 saturated carbocycles. The minimum absolute atomic E-state index is 0.781. The van der Waals surface area contributed by atoms with Crippen molar-refractivity contribution < 1.29 is 4.52 Å². The number of hydrogen-bond donors (Lipinski definition) is 0. The van der Waals surface area contributed by atoms with Crippen LogP contribution in [0, 0.1) is 13.8 Å². The van der Waals surface area contributed by atoms with E-state index in [-0.39, 0.29) is 0 Å². The lowest BCUT2D eigenvalue weighted by molar-refractivity contribution is 0.392. The van der Waals surface area contributed by atoms with Crippen LogP contribution in [0.5, 0.6) is 0 Å². The van der Waals surface area contributed by atoms with Crippen molar-refractivity contribution in [2.45, 2.75) is 24.8 Å². The fourth-order valence-electron chi connectivity index (χ4n) is 1.86. The first kappa shape index (κ1) is 12.2. The van der Waals surface area contributed by atoms with Gasteiger partial charge in [0.1, 0.15) is 5.76 Å². The van der Waals surface area contributed by atoms with Crippen molar-refractivity contribution in [1.29, 1.82) is 0 Å². The molecule has 0 fully saturated rings. The van der Waals surface area contributed by atoms with Crippen LogP contribution in [-0.2, 0) is 5.75 Å². The van der Waals surface area contributed by atoms with Gasteiger partial charge in [0.25, 0.3) is 0 Å². The molecular formula is C14H13N3OS. The number of rotatable bonds is 3. The zero-order chi connectivity index (χ0) is 13.2. The lowest BCUT2D eigenvalue weighted by Crippen LogP contribution is -1.85. The van der Waals surface area contributed by atoms with Crippen molar-refractivity contribution in [3.8, 4) is 11.4 Å². The van der Waals surface area contributed by atoms with Crippen LogP contribution >= 0.6 is 11.8 Å². The summed E-state index contributed by atoms with van der Waals surface area (Å²) in [7, 11) is 0. The Labute approximate surface area is 115 Å². The predicted molar refractivity (Wildman–Crippen MR) is 74.2 cm³/mol. The molecule has 0 amide bonds. The van der Waals surface area contributed by atoms with Crippen LogP contribution in [0.3, 0.4) is 0 Å². The summed E-state index contributed by atoms with van der Waals surface area (Å²) in [6, 6.07) is 9.87. The molecule has 1 aromatic rings. The van der Waals surface area contributed by atoms with E-state index in [1.165, 1.54) is 0 Å². The second-order valence-electron chi connectivity index (χ2n) is 4.28. The lowest BCUT2D eigenvalue weighted by Gasteiger charge is -1.95. The van der Waals surface area contributed by atoms with Gasteiger partial charge >= 0.3 is 0 Å². The Hall–Kier alpha value is -1.88. The second-order valence-corrected chi connectivity index (χ2v) is 5.22. The number of hydrogen-bond acceptors (Lipinski definition) is 5. The van der Waals surface area contributed by atoms with Gasteiger partial charge < -0.3 is 4.52 Å². The zero-order valence-corrected chi connectivity index (χ0v) is 11.6. The van der Waals surface area contributed by atoms with E-state index >= 15 is 0 Å². The molecule has 4 nitrogen and oxygen atoms in total. The maximum atomic E-state index is 5.15. The third kappa shape index (κ3) is 2.46. The third-order valence-corrected chi connectivity index (χ3v) is 3.83. The molecule has 1 aliphatic carbocycles. The number of fused-ring (bicyclic) bond motifs is 1. The largest absolute Gasteiger partial charge is 0.361 e. The number of imidazole rings is 1. The Morgan fingerprint density at radius 3 is 2.32 bits per heavy atom. The first-order valence-corrected chi connectivity index (χ1v) is 7.00. The minimum Gasteiger partial charge on any atom is -0.361 e. The normalized spacial score (nSPS) is 11.1. The quantitative estimate of drug-likeness (QED) is 0.683. The fourth-order valence-corrected chi connectivity index (χ4v) is 2.87. The van der Waals surface area contributed by atoms with Gasteiger partial charge in [-0.3, -0.25) is 0 Å². The molecule has 0 spiro atoms. The zero-order valence-electron chi connectivity index (χ0n) is 10.8. The Morgan fingerprint density at radius 1 is 1.05 bits per heavy atom. The summed E-state index contributed by atoms with van der Waals surface area (Å²) < 4.78 is 5.15. The molecule has 2 aliphatic rings. The number of aryl methyl sites for hydroxylation is 2. The monoisotopic (exact) mass is 271 g/mol. The van der Waals surface area contributed by atoms with Gasteiger partial charge in [-0.2, -0.15) is 0 Å². The van der Waals surface area contributed by atoms with Crippen molar-refractivity contribution in [2.24, 2.45) is 0 Å². The van der Waals surface area contributed by atoms with Gasteiger partial charge in [0, 0.05) is 11.3 Å². The molecule has 0 aromatic carbocycles. The molecule has 2 heterocycles. The molecule has 19 heavy (non-hydrogen) atoms. The van der Waals surface area contributed by atoms with Crippen molar-refractivity contribution in [3.63, 3.8) is 0 Å². The van der Waals surface area contributed by atoms with Crippen LogP contribution < -0.4 is 0 Å². The summed E-state index contributed by atoms with van der Waals surface area (Å²) in [6.07, 6.45) is 0. The van der Waals surface area contributed by atoms with Crippen LogP contribution in [0.15, 0.2) is 40.0 Å². The Bertz CT molecular complexity index is 630. The van der Waals surface area contributed by atoms with Crippen LogP contribution in [0.25, 0.3) is 11.4 Å². The van der Waals surface area contributed by atoms with Crippen LogP contribution in [-0.4, -0.2) is 15.1 Å². The highest BCUT2D eigenvalue weighted by molar-refractivity contribution is 7.98. The smallest absolute Gasteiger partial charge is 0.189 e. The van der Waals surface area contributed by atoms with E-state index in [1.807, 2.05) is 44.2 Å². The number of nitrogens with zero attached hydrogens (tertiary/aromatic N) is 3. The summed E-state index contributed by atoms with van der Waals surface area (Å²) in [5, 5.41) is 4.74. The van der Waals surface area contributed by atoms with Gasteiger partial charge in [0.15, 0.2) is 5.16 Å². The van der Waals surface area contributed by atoms with Crippen LogP contribution in [0.2, 0.25) is 0 Å². The standard InChI is InChI=1S/C14H13N3OS/c1-9-11(10(2)18-17-9)8-19-14-15-12-6-4-3-5-7-13(12)16-14/h3-7H,8H2,1-2H3. The summed E-state index contributed by atoms with van der Waals surface area (Å²) in [6.45, 7) is 3.88. The molecule has 0 N–H and O–H groups in total. The average Bonchev–Trinajstić information content (AvgIpc) is 2.84. The van der Waals surface area contributed by atoms with Gasteiger partial charge in [-0.25, -0.2) is 9.97 Å². The van der Waals surface area contributed by atoms with Crippen molar-refractivity contribution in [2.75, 3.05) is 0 Å². The van der Waals surface area contributed by atoms with E-state index in [9.17, 15) is 0 Å². The molecule has 5 heteroatoms. The molecule has 1 aliphatic heterocycles. The number of aromatic nitrogens is 3. The Balaban J connectivity index is 1.82. The second kappa shape index (κ2) is 5.01. The summed E-state index contributed by atoms with van der Waals surface area (Å²) in [5.74, 6) is 1.65. The van der Waals surface area contributed by atoms with Crippen molar-refractivity contribution in [1.82, 2.24) is 15.1 Å². The van der Waals surface area contributed by atoms with Crippen LogP contribution in [0.4, 0.5) is 0 Å². The molecular weight excluding hydrogens is 258 g/mol. The molecule has 0 saturated heterocycles. The van der Waals surface area contributed by atoms with Gasteiger partial charge in [-0.15, -0.1) is 0 Å². The molecule has 0 atom stereocenters. The summed E-state index contributed by atoms with van der Waals surface area (Å²) in [4.78, 5) is 9.02. The SMILES string of the molecule is Cc1noc(C)c1CSc1nc2cccccc-2n1.